The zero-order valence-corrected chi connectivity index (χ0v) is 11.6. The first-order chi connectivity index (χ1) is 10.2. The van der Waals surface area contributed by atoms with Crippen molar-refractivity contribution in [3.8, 4) is 0 Å². The number of benzene rings is 1. The van der Waals surface area contributed by atoms with Gasteiger partial charge in [0.25, 0.3) is 5.91 Å². The van der Waals surface area contributed by atoms with Crippen molar-refractivity contribution in [3.63, 3.8) is 0 Å². The molecule has 0 unspecified atom stereocenters. The predicted molar refractivity (Wildman–Crippen MR) is 77.0 cm³/mol. The van der Waals surface area contributed by atoms with Gasteiger partial charge < -0.3 is 10.1 Å². The van der Waals surface area contributed by atoms with Crippen molar-refractivity contribution in [2.75, 3.05) is 11.9 Å². The molecule has 2 rings (SSSR count). The van der Waals surface area contributed by atoms with Gasteiger partial charge >= 0.3 is 5.97 Å². The van der Waals surface area contributed by atoms with Gasteiger partial charge in [-0.1, -0.05) is 25.1 Å². The highest BCUT2D eigenvalue weighted by molar-refractivity contribution is 6.08. The molecule has 0 radical (unpaired) electrons. The van der Waals surface area contributed by atoms with Crippen LogP contribution in [0.2, 0.25) is 0 Å². The second kappa shape index (κ2) is 7.14. The van der Waals surface area contributed by atoms with Crippen molar-refractivity contribution < 1.29 is 14.3 Å². The number of rotatable bonds is 5. The Balaban J connectivity index is 2.19. The second-order valence-electron chi connectivity index (χ2n) is 4.21. The minimum Gasteiger partial charge on any atom is -0.461 e. The van der Waals surface area contributed by atoms with E-state index in [0.717, 1.165) is 0 Å². The Hall–Kier alpha value is -2.76. The first-order valence-corrected chi connectivity index (χ1v) is 6.57. The Morgan fingerprint density at radius 1 is 1.10 bits per heavy atom. The number of carbonyl (C=O) groups is 2. The van der Waals surface area contributed by atoms with Gasteiger partial charge in [0.15, 0.2) is 11.4 Å². The molecule has 1 N–H and O–H groups in total. The molecule has 1 heterocycles. The largest absolute Gasteiger partial charge is 0.461 e. The second-order valence-corrected chi connectivity index (χ2v) is 4.21. The number of anilines is 1. The fraction of sp³-hybridized carbons (Fsp3) is 0.200. The van der Waals surface area contributed by atoms with Crippen LogP contribution < -0.4 is 5.32 Å². The van der Waals surface area contributed by atoms with Crippen LogP contribution in [0.1, 0.15) is 34.3 Å². The third kappa shape index (κ3) is 3.85. The number of esters is 1. The maximum atomic E-state index is 12.2. The summed E-state index contributed by atoms with van der Waals surface area (Å²) in [5, 5.41) is 2.66. The number of aromatic nitrogens is 2. The highest BCUT2D eigenvalue weighted by atomic mass is 16.5. The Morgan fingerprint density at radius 2 is 1.76 bits per heavy atom. The number of hydrogen-bond donors (Lipinski definition) is 1. The molecule has 0 saturated carbocycles. The maximum absolute atomic E-state index is 12.2. The van der Waals surface area contributed by atoms with Crippen molar-refractivity contribution in [1.29, 1.82) is 0 Å². The number of para-hydroxylation sites is 1. The van der Waals surface area contributed by atoms with Crippen molar-refractivity contribution in [1.82, 2.24) is 9.97 Å². The monoisotopic (exact) mass is 285 g/mol. The lowest BCUT2D eigenvalue weighted by atomic mass is 10.2. The van der Waals surface area contributed by atoms with E-state index in [9.17, 15) is 9.59 Å². The molecule has 6 heteroatoms. The molecule has 2 aromatic rings. The van der Waals surface area contributed by atoms with E-state index >= 15 is 0 Å². The molecule has 0 bridgehead atoms. The molecule has 0 aliphatic carbocycles. The van der Waals surface area contributed by atoms with E-state index in [4.69, 9.17) is 4.74 Å². The van der Waals surface area contributed by atoms with Gasteiger partial charge in [0.05, 0.1) is 6.61 Å². The summed E-state index contributed by atoms with van der Waals surface area (Å²) in [7, 11) is 0. The molecular weight excluding hydrogens is 270 g/mol. The molecule has 0 aliphatic rings. The van der Waals surface area contributed by atoms with Crippen LogP contribution in [0.3, 0.4) is 0 Å². The zero-order valence-electron chi connectivity index (χ0n) is 11.6. The molecule has 108 valence electrons. The number of nitrogens with one attached hydrogen (secondary N) is 1. The summed E-state index contributed by atoms with van der Waals surface area (Å²) in [5.74, 6) is -1.15. The molecule has 0 aliphatic heterocycles. The van der Waals surface area contributed by atoms with Crippen molar-refractivity contribution in [2.45, 2.75) is 13.3 Å². The van der Waals surface area contributed by atoms with E-state index in [0.29, 0.717) is 12.1 Å². The smallest absolute Gasteiger partial charge is 0.359 e. The summed E-state index contributed by atoms with van der Waals surface area (Å²) in [5.41, 5.74) is 0.475. The topological polar surface area (TPSA) is 81.2 Å². The number of ether oxygens (including phenoxy) is 1. The van der Waals surface area contributed by atoms with E-state index in [2.05, 4.69) is 15.3 Å². The van der Waals surface area contributed by atoms with Crippen LogP contribution >= 0.6 is 0 Å². The van der Waals surface area contributed by atoms with Crippen LogP contribution in [0, 0.1) is 0 Å². The zero-order chi connectivity index (χ0) is 15.1. The molecule has 0 spiro atoms. The van der Waals surface area contributed by atoms with Gasteiger partial charge in [-0.15, -0.1) is 0 Å². The van der Waals surface area contributed by atoms with E-state index in [-0.39, 0.29) is 18.0 Å². The van der Waals surface area contributed by atoms with E-state index in [1.807, 2.05) is 13.0 Å². The summed E-state index contributed by atoms with van der Waals surface area (Å²) >= 11 is 0. The van der Waals surface area contributed by atoms with Crippen molar-refractivity contribution in [3.05, 3.63) is 54.1 Å². The number of amides is 1. The van der Waals surface area contributed by atoms with Crippen molar-refractivity contribution >= 4 is 17.6 Å². The summed E-state index contributed by atoms with van der Waals surface area (Å²) < 4.78 is 5.00. The van der Waals surface area contributed by atoms with Gasteiger partial charge in [-0.25, -0.2) is 14.8 Å². The average molecular weight is 285 g/mol. The molecule has 1 aromatic heterocycles. The average Bonchev–Trinajstić information content (AvgIpc) is 2.53. The minimum atomic E-state index is -0.650. The van der Waals surface area contributed by atoms with Crippen LogP contribution in [0.4, 0.5) is 5.69 Å². The third-order valence-corrected chi connectivity index (χ3v) is 2.58. The van der Waals surface area contributed by atoms with Crippen LogP contribution in [-0.4, -0.2) is 28.5 Å². The molecule has 0 atom stereocenters. The number of carbonyl (C=O) groups excluding carboxylic acids is 2. The normalized spacial score (nSPS) is 9.95. The Morgan fingerprint density at radius 3 is 2.43 bits per heavy atom. The quantitative estimate of drug-likeness (QED) is 0.852. The van der Waals surface area contributed by atoms with Gasteiger partial charge in [-0.3, -0.25) is 4.79 Å². The summed E-state index contributed by atoms with van der Waals surface area (Å²) in [4.78, 5) is 31.9. The first-order valence-electron chi connectivity index (χ1n) is 6.57. The Kier molecular flexibility index (Phi) is 4.98. The van der Waals surface area contributed by atoms with Crippen LogP contribution in [0.5, 0.6) is 0 Å². The number of nitrogens with zero attached hydrogens (tertiary/aromatic N) is 2. The van der Waals surface area contributed by atoms with Gasteiger partial charge in [0.2, 0.25) is 0 Å². The van der Waals surface area contributed by atoms with Gasteiger partial charge in [-0.05, 0) is 18.6 Å². The fourth-order valence-corrected chi connectivity index (χ4v) is 1.63. The predicted octanol–water partition coefficient (Wildman–Crippen LogP) is 2.30. The SMILES string of the molecule is CCCOC(=O)c1nccnc1C(=O)Nc1ccccc1. The van der Waals surface area contributed by atoms with Gasteiger partial charge in [-0.2, -0.15) is 0 Å². The maximum Gasteiger partial charge on any atom is 0.359 e. The van der Waals surface area contributed by atoms with Gasteiger partial charge in [0.1, 0.15) is 0 Å². The molecule has 0 fully saturated rings. The molecule has 1 amide bonds. The molecule has 1 aromatic carbocycles. The molecule has 6 nitrogen and oxygen atoms in total. The fourth-order valence-electron chi connectivity index (χ4n) is 1.63. The molecular formula is C15H15N3O3. The Labute approximate surface area is 122 Å². The van der Waals surface area contributed by atoms with E-state index < -0.39 is 11.9 Å². The lowest BCUT2D eigenvalue weighted by Gasteiger charge is -2.08. The lowest BCUT2D eigenvalue weighted by molar-refractivity contribution is 0.0494. The van der Waals surface area contributed by atoms with Crippen LogP contribution in [0.25, 0.3) is 0 Å². The first kappa shape index (κ1) is 14.6. The number of hydrogen-bond acceptors (Lipinski definition) is 5. The molecule has 0 saturated heterocycles. The highest BCUT2D eigenvalue weighted by Gasteiger charge is 2.21. The Bertz CT molecular complexity index is 629. The summed E-state index contributed by atoms with van der Waals surface area (Å²) in [6, 6.07) is 8.91. The van der Waals surface area contributed by atoms with Gasteiger partial charge in [0, 0.05) is 18.1 Å². The van der Waals surface area contributed by atoms with E-state index in [1.54, 1.807) is 24.3 Å². The summed E-state index contributed by atoms with van der Waals surface area (Å²) in [6.07, 6.45) is 3.40. The molecule has 21 heavy (non-hydrogen) atoms. The van der Waals surface area contributed by atoms with Crippen LogP contribution in [0.15, 0.2) is 42.7 Å². The lowest BCUT2D eigenvalue weighted by Crippen LogP contribution is -2.20. The summed E-state index contributed by atoms with van der Waals surface area (Å²) in [6.45, 7) is 2.15. The minimum absolute atomic E-state index is 0.0533. The highest BCUT2D eigenvalue weighted by Crippen LogP contribution is 2.10. The standard InChI is InChI=1S/C15H15N3O3/c1-2-10-21-15(20)13-12(16-8-9-17-13)14(19)18-11-6-4-3-5-7-11/h3-9H,2,10H2,1H3,(H,18,19). The third-order valence-electron chi connectivity index (χ3n) is 2.58. The van der Waals surface area contributed by atoms with Crippen LogP contribution in [-0.2, 0) is 4.74 Å². The van der Waals surface area contributed by atoms with E-state index in [1.165, 1.54) is 12.4 Å². The van der Waals surface area contributed by atoms with Crippen molar-refractivity contribution in [2.24, 2.45) is 0 Å².